The lowest BCUT2D eigenvalue weighted by Crippen LogP contribution is -2.22. The van der Waals surface area contributed by atoms with Gasteiger partial charge in [0.05, 0.1) is 6.61 Å². The molecule has 2 rings (SSSR count). The second-order valence-electron chi connectivity index (χ2n) is 4.36. The molecule has 0 radical (unpaired) electrons. The first-order valence-corrected chi connectivity index (χ1v) is 5.97. The molecule has 0 atom stereocenters. The van der Waals surface area contributed by atoms with E-state index in [2.05, 4.69) is 0 Å². The first-order chi connectivity index (χ1) is 8.68. The number of benzene rings is 1. The van der Waals surface area contributed by atoms with E-state index in [-0.39, 0.29) is 23.8 Å². The summed E-state index contributed by atoms with van der Waals surface area (Å²) in [5.41, 5.74) is 5.50. The largest absolute Gasteiger partial charge is 0.462 e. The van der Waals surface area contributed by atoms with Gasteiger partial charge in [0.25, 0.3) is 0 Å². The van der Waals surface area contributed by atoms with Crippen LogP contribution in [0.5, 0.6) is 0 Å². The maximum Gasteiger partial charge on any atom is 0.343 e. The third-order valence-corrected chi connectivity index (χ3v) is 3.04. The first-order valence-electron chi connectivity index (χ1n) is 5.97. The number of rotatable bonds is 3. The Morgan fingerprint density at radius 1 is 1.44 bits per heavy atom. The van der Waals surface area contributed by atoms with Crippen molar-refractivity contribution in [1.82, 2.24) is 0 Å². The van der Waals surface area contributed by atoms with E-state index >= 15 is 0 Å². The van der Waals surface area contributed by atoms with Crippen LogP contribution in [-0.4, -0.2) is 25.8 Å². The fraction of sp³-hybridized carbons (Fsp3) is 0.462. The van der Waals surface area contributed by atoms with Gasteiger partial charge in [0.1, 0.15) is 11.4 Å². The molecule has 1 heterocycles. The molecule has 98 valence electrons. The minimum Gasteiger partial charge on any atom is -0.462 e. The van der Waals surface area contributed by atoms with E-state index in [4.69, 9.17) is 15.2 Å². The highest BCUT2D eigenvalue weighted by Gasteiger charge is 2.20. The lowest BCUT2D eigenvalue weighted by Gasteiger charge is -2.21. The second-order valence-corrected chi connectivity index (χ2v) is 4.36. The summed E-state index contributed by atoms with van der Waals surface area (Å²) in [7, 11) is 0. The molecular weight excluding hydrogens is 237 g/mol. The predicted molar refractivity (Wildman–Crippen MR) is 64.6 cm³/mol. The summed E-state index contributed by atoms with van der Waals surface area (Å²) < 4.78 is 23.8. The van der Waals surface area contributed by atoms with Gasteiger partial charge in [-0.25, -0.2) is 9.18 Å². The third kappa shape index (κ3) is 2.98. The average molecular weight is 253 g/mol. The van der Waals surface area contributed by atoms with Gasteiger partial charge in [-0.15, -0.1) is 0 Å². The summed E-state index contributed by atoms with van der Waals surface area (Å²) >= 11 is 0. The Labute approximate surface area is 105 Å². The Kier molecular flexibility index (Phi) is 4.15. The van der Waals surface area contributed by atoms with Crippen LogP contribution in [-0.2, 0) is 9.47 Å². The van der Waals surface area contributed by atoms with Gasteiger partial charge in [-0.1, -0.05) is 6.07 Å². The Balaban J connectivity index is 1.95. The molecule has 1 saturated heterocycles. The topological polar surface area (TPSA) is 61.6 Å². The van der Waals surface area contributed by atoms with Crippen molar-refractivity contribution in [3.63, 3.8) is 0 Å². The number of carbonyl (C=O) groups excluding carboxylic acids is 1. The zero-order valence-corrected chi connectivity index (χ0v) is 10.0. The number of nitrogen functional groups attached to an aromatic ring is 1. The number of halogens is 1. The lowest BCUT2D eigenvalue weighted by atomic mass is 10.0. The summed E-state index contributed by atoms with van der Waals surface area (Å²) in [6.07, 6.45) is 1.72. The Morgan fingerprint density at radius 3 is 2.83 bits per heavy atom. The average Bonchev–Trinajstić information content (AvgIpc) is 2.37. The Bertz CT molecular complexity index is 410. The van der Waals surface area contributed by atoms with Gasteiger partial charge in [0, 0.05) is 18.9 Å². The van der Waals surface area contributed by atoms with Crippen molar-refractivity contribution in [1.29, 1.82) is 0 Å². The van der Waals surface area contributed by atoms with E-state index in [9.17, 15) is 9.18 Å². The maximum absolute atomic E-state index is 13.5. The highest BCUT2D eigenvalue weighted by molar-refractivity contribution is 5.95. The van der Waals surface area contributed by atoms with E-state index in [1.807, 2.05) is 0 Å². The molecule has 2 N–H and O–H groups in total. The minimum atomic E-state index is -0.697. The van der Waals surface area contributed by atoms with E-state index in [0.29, 0.717) is 13.2 Å². The fourth-order valence-electron chi connectivity index (χ4n) is 1.93. The second kappa shape index (κ2) is 5.82. The molecule has 5 heteroatoms. The molecule has 1 aromatic carbocycles. The van der Waals surface area contributed by atoms with Crippen LogP contribution >= 0.6 is 0 Å². The number of esters is 1. The zero-order valence-electron chi connectivity index (χ0n) is 10.0. The molecular formula is C13H16FNO3. The van der Waals surface area contributed by atoms with E-state index in [0.717, 1.165) is 12.8 Å². The SMILES string of the molecule is Nc1cccc(F)c1C(=O)OCC1CCOCC1. The van der Waals surface area contributed by atoms with Crippen LogP contribution in [0.2, 0.25) is 0 Å². The quantitative estimate of drug-likeness (QED) is 0.661. The van der Waals surface area contributed by atoms with Crippen LogP contribution in [0.3, 0.4) is 0 Å². The van der Waals surface area contributed by atoms with Crippen molar-refractivity contribution >= 4 is 11.7 Å². The van der Waals surface area contributed by atoms with Crippen LogP contribution in [0.1, 0.15) is 23.2 Å². The lowest BCUT2D eigenvalue weighted by molar-refractivity contribution is 0.0183. The number of hydrogen-bond acceptors (Lipinski definition) is 4. The number of anilines is 1. The molecule has 1 aliphatic heterocycles. The molecule has 1 aromatic rings. The Hall–Kier alpha value is -1.62. The van der Waals surface area contributed by atoms with Crippen LogP contribution < -0.4 is 5.73 Å². The van der Waals surface area contributed by atoms with E-state index in [1.54, 1.807) is 0 Å². The van der Waals surface area contributed by atoms with Crippen LogP contribution in [0.15, 0.2) is 18.2 Å². The normalized spacial score (nSPS) is 16.5. The standard InChI is InChI=1S/C13H16FNO3/c14-10-2-1-3-11(15)12(10)13(16)18-8-9-4-6-17-7-5-9/h1-3,9H,4-8,15H2. The first kappa shape index (κ1) is 12.8. The minimum absolute atomic E-state index is 0.104. The highest BCUT2D eigenvalue weighted by atomic mass is 19.1. The monoisotopic (exact) mass is 253 g/mol. The smallest absolute Gasteiger partial charge is 0.343 e. The van der Waals surface area contributed by atoms with Crippen molar-refractivity contribution in [2.45, 2.75) is 12.8 Å². The van der Waals surface area contributed by atoms with Crippen molar-refractivity contribution in [2.75, 3.05) is 25.6 Å². The molecule has 0 aromatic heterocycles. The molecule has 4 nitrogen and oxygen atoms in total. The number of hydrogen-bond donors (Lipinski definition) is 1. The molecule has 1 aliphatic rings. The third-order valence-electron chi connectivity index (χ3n) is 3.04. The molecule has 0 unspecified atom stereocenters. The molecule has 1 fully saturated rings. The fourth-order valence-corrected chi connectivity index (χ4v) is 1.93. The number of ether oxygens (including phenoxy) is 2. The van der Waals surface area contributed by atoms with Gasteiger partial charge < -0.3 is 15.2 Å². The van der Waals surface area contributed by atoms with Crippen molar-refractivity contribution in [2.24, 2.45) is 5.92 Å². The van der Waals surface area contributed by atoms with Gasteiger partial charge in [-0.2, -0.15) is 0 Å². The number of nitrogens with two attached hydrogens (primary N) is 1. The maximum atomic E-state index is 13.5. The van der Waals surface area contributed by atoms with Crippen molar-refractivity contribution in [3.05, 3.63) is 29.6 Å². The summed E-state index contributed by atoms with van der Waals surface area (Å²) in [5, 5.41) is 0. The zero-order chi connectivity index (χ0) is 13.0. The molecule has 0 amide bonds. The van der Waals surface area contributed by atoms with Gasteiger partial charge >= 0.3 is 5.97 Å². The summed E-state index contributed by atoms with van der Waals surface area (Å²) in [5.74, 6) is -1.06. The van der Waals surface area contributed by atoms with E-state index < -0.39 is 11.8 Å². The van der Waals surface area contributed by atoms with Gasteiger partial charge in [0.15, 0.2) is 0 Å². The predicted octanol–water partition coefficient (Wildman–Crippen LogP) is 1.99. The van der Waals surface area contributed by atoms with Crippen LogP contribution in [0, 0.1) is 11.7 Å². The van der Waals surface area contributed by atoms with Gasteiger partial charge in [0.2, 0.25) is 0 Å². The summed E-state index contributed by atoms with van der Waals surface area (Å²) in [6, 6.07) is 4.13. The number of carbonyl (C=O) groups is 1. The summed E-state index contributed by atoms with van der Waals surface area (Å²) in [4.78, 5) is 11.8. The molecule has 0 bridgehead atoms. The summed E-state index contributed by atoms with van der Waals surface area (Å²) in [6.45, 7) is 1.66. The molecule has 0 aliphatic carbocycles. The van der Waals surface area contributed by atoms with Gasteiger partial charge in [-0.3, -0.25) is 0 Å². The van der Waals surface area contributed by atoms with Gasteiger partial charge in [-0.05, 0) is 30.9 Å². The Morgan fingerprint density at radius 2 is 2.17 bits per heavy atom. The molecule has 0 spiro atoms. The van der Waals surface area contributed by atoms with Crippen molar-refractivity contribution < 1.29 is 18.7 Å². The van der Waals surface area contributed by atoms with Crippen LogP contribution in [0.4, 0.5) is 10.1 Å². The van der Waals surface area contributed by atoms with Crippen molar-refractivity contribution in [3.8, 4) is 0 Å². The van der Waals surface area contributed by atoms with E-state index in [1.165, 1.54) is 18.2 Å². The van der Waals surface area contributed by atoms with Crippen LogP contribution in [0.25, 0.3) is 0 Å². The molecule has 0 saturated carbocycles. The highest BCUT2D eigenvalue weighted by Crippen LogP contribution is 2.19. The molecule has 18 heavy (non-hydrogen) atoms.